The number of nitriles is 1. The molecule has 9 nitrogen and oxygen atoms in total. The van der Waals surface area contributed by atoms with Gasteiger partial charge in [0.25, 0.3) is 0 Å². The molecular weight excluding hydrogens is 376 g/mol. The van der Waals surface area contributed by atoms with Gasteiger partial charge in [0.2, 0.25) is 0 Å². The normalized spacial score (nSPS) is 22.7. The van der Waals surface area contributed by atoms with Crippen LogP contribution in [0, 0.1) is 11.3 Å². The average Bonchev–Trinajstić information content (AvgIpc) is 3.09. The van der Waals surface area contributed by atoms with Gasteiger partial charge in [-0.2, -0.15) is 5.26 Å². The molecule has 0 radical (unpaired) electrons. The van der Waals surface area contributed by atoms with Crippen LogP contribution in [-0.4, -0.2) is 42.9 Å². The fraction of sp³-hybridized carbons (Fsp3) is 0.250. The minimum atomic E-state index is -1.17. The predicted octanol–water partition coefficient (Wildman–Crippen LogP) is 3.04. The molecular formula is C20H16N4O5. The minimum absolute atomic E-state index is 0.269. The Morgan fingerprint density at radius 2 is 1.66 bits per heavy atom. The number of esters is 2. The molecule has 1 aliphatic rings. The molecule has 0 aliphatic carbocycles. The van der Waals surface area contributed by atoms with Crippen LogP contribution in [0.5, 0.6) is 0 Å². The molecule has 0 unspecified atom stereocenters. The van der Waals surface area contributed by atoms with Gasteiger partial charge in [0.05, 0.1) is 17.2 Å². The molecule has 9 heteroatoms. The lowest BCUT2D eigenvalue weighted by molar-refractivity contribution is -0.00808. The maximum absolute atomic E-state index is 12.4. The Balaban J connectivity index is 1.72. The first-order valence-electron chi connectivity index (χ1n) is 8.71. The Hall–Kier alpha value is -3.86. The average molecular weight is 392 g/mol. The van der Waals surface area contributed by atoms with Crippen LogP contribution < -0.4 is 0 Å². The fourth-order valence-electron chi connectivity index (χ4n) is 2.89. The van der Waals surface area contributed by atoms with Crippen molar-refractivity contribution in [3.8, 4) is 6.07 Å². The van der Waals surface area contributed by atoms with Crippen LogP contribution in [-0.2, 0) is 14.2 Å². The monoisotopic (exact) mass is 392 g/mol. The standard InChI is InChI=1S/C20H16N4O5/c21-11-15-18(29-20(26)14-9-5-2-6-10-14)17(23-24-22)16(28-15)12-27-19(25)13-7-3-1-4-8-13/h1-10,15-18H,12H2/t15-,16+,17-,18-/m0/s1. The van der Waals surface area contributed by atoms with E-state index in [-0.39, 0.29) is 12.2 Å². The van der Waals surface area contributed by atoms with Crippen molar-refractivity contribution in [2.45, 2.75) is 24.4 Å². The van der Waals surface area contributed by atoms with Gasteiger partial charge in [-0.15, -0.1) is 0 Å². The second-order valence-corrected chi connectivity index (χ2v) is 6.12. The molecule has 1 fully saturated rings. The zero-order chi connectivity index (χ0) is 20.6. The van der Waals surface area contributed by atoms with Gasteiger partial charge in [0.15, 0.2) is 12.2 Å². The number of hydrogen-bond donors (Lipinski definition) is 0. The van der Waals surface area contributed by atoms with E-state index < -0.39 is 36.3 Å². The number of rotatable bonds is 6. The van der Waals surface area contributed by atoms with Crippen molar-refractivity contribution >= 4 is 11.9 Å². The molecule has 146 valence electrons. The second kappa shape index (κ2) is 9.37. The van der Waals surface area contributed by atoms with Crippen molar-refractivity contribution in [2.75, 3.05) is 6.61 Å². The number of nitrogens with zero attached hydrogens (tertiary/aromatic N) is 4. The largest absolute Gasteiger partial charge is 0.459 e. The molecule has 1 saturated heterocycles. The Labute approximate surface area is 166 Å². The van der Waals surface area contributed by atoms with E-state index in [1.807, 2.05) is 6.07 Å². The predicted molar refractivity (Wildman–Crippen MR) is 99.6 cm³/mol. The first-order valence-corrected chi connectivity index (χ1v) is 8.71. The van der Waals surface area contributed by atoms with Crippen molar-refractivity contribution in [3.05, 3.63) is 82.2 Å². The molecule has 0 bridgehead atoms. The number of benzene rings is 2. The van der Waals surface area contributed by atoms with Crippen LogP contribution >= 0.6 is 0 Å². The molecule has 0 saturated carbocycles. The molecule has 0 spiro atoms. The molecule has 4 atom stereocenters. The summed E-state index contributed by atoms with van der Waals surface area (Å²) in [5, 5.41) is 13.0. The van der Waals surface area contributed by atoms with Crippen molar-refractivity contribution in [1.29, 1.82) is 5.26 Å². The number of carbonyl (C=O) groups excluding carboxylic acids is 2. The van der Waals surface area contributed by atoms with Crippen LogP contribution in [0.4, 0.5) is 0 Å². The van der Waals surface area contributed by atoms with Gasteiger partial charge in [-0.1, -0.05) is 41.5 Å². The molecule has 1 aliphatic heterocycles. The van der Waals surface area contributed by atoms with E-state index in [1.165, 1.54) is 0 Å². The highest BCUT2D eigenvalue weighted by atomic mass is 16.6. The van der Waals surface area contributed by atoms with Crippen LogP contribution in [0.1, 0.15) is 20.7 Å². The molecule has 0 amide bonds. The summed E-state index contributed by atoms with van der Waals surface area (Å²) in [6.45, 7) is -0.269. The van der Waals surface area contributed by atoms with Gasteiger partial charge in [-0.25, -0.2) is 9.59 Å². The number of hydrogen-bond acceptors (Lipinski definition) is 7. The summed E-state index contributed by atoms with van der Waals surface area (Å²) >= 11 is 0. The van der Waals surface area contributed by atoms with E-state index in [4.69, 9.17) is 19.7 Å². The third kappa shape index (κ3) is 4.71. The van der Waals surface area contributed by atoms with Gasteiger partial charge in [-0.05, 0) is 29.8 Å². The maximum atomic E-state index is 12.4. The van der Waals surface area contributed by atoms with E-state index in [9.17, 15) is 14.9 Å². The lowest BCUT2D eigenvalue weighted by Gasteiger charge is -2.18. The van der Waals surface area contributed by atoms with Crippen molar-refractivity contribution in [3.63, 3.8) is 0 Å². The number of azide groups is 1. The van der Waals surface area contributed by atoms with E-state index in [0.29, 0.717) is 5.56 Å². The molecule has 29 heavy (non-hydrogen) atoms. The summed E-state index contributed by atoms with van der Waals surface area (Å²) in [5.74, 6) is -1.27. The quantitative estimate of drug-likeness (QED) is 0.321. The zero-order valence-electron chi connectivity index (χ0n) is 15.1. The van der Waals surface area contributed by atoms with Gasteiger partial charge in [0.1, 0.15) is 18.8 Å². The summed E-state index contributed by atoms with van der Waals surface area (Å²) < 4.78 is 16.1. The van der Waals surface area contributed by atoms with Crippen LogP contribution in [0.2, 0.25) is 0 Å². The van der Waals surface area contributed by atoms with E-state index in [1.54, 1.807) is 60.7 Å². The second-order valence-electron chi connectivity index (χ2n) is 6.12. The lowest BCUT2D eigenvalue weighted by atomic mass is 10.1. The molecule has 2 aromatic carbocycles. The van der Waals surface area contributed by atoms with Gasteiger partial charge in [-0.3, -0.25) is 0 Å². The van der Waals surface area contributed by atoms with Gasteiger partial charge in [0, 0.05) is 4.91 Å². The highest BCUT2D eigenvalue weighted by molar-refractivity contribution is 5.90. The zero-order valence-corrected chi connectivity index (χ0v) is 15.1. The Kier molecular flexibility index (Phi) is 6.43. The summed E-state index contributed by atoms with van der Waals surface area (Å²) in [7, 11) is 0. The highest BCUT2D eigenvalue weighted by Gasteiger charge is 2.47. The van der Waals surface area contributed by atoms with Crippen LogP contribution in [0.25, 0.3) is 10.4 Å². The first-order chi connectivity index (χ1) is 14.1. The van der Waals surface area contributed by atoms with Crippen molar-refractivity contribution < 1.29 is 23.8 Å². The Morgan fingerprint density at radius 3 is 2.21 bits per heavy atom. The van der Waals surface area contributed by atoms with Crippen molar-refractivity contribution in [1.82, 2.24) is 0 Å². The summed E-state index contributed by atoms with van der Waals surface area (Å²) in [6.07, 6.45) is -3.24. The Bertz CT molecular complexity index is 954. The summed E-state index contributed by atoms with van der Waals surface area (Å²) in [4.78, 5) is 27.2. The molecule has 0 aromatic heterocycles. The smallest absolute Gasteiger partial charge is 0.338 e. The van der Waals surface area contributed by atoms with E-state index >= 15 is 0 Å². The summed E-state index contributed by atoms with van der Waals surface area (Å²) in [6, 6.07) is 17.4. The third-order valence-electron chi connectivity index (χ3n) is 4.29. The van der Waals surface area contributed by atoms with Gasteiger partial charge >= 0.3 is 11.9 Å². The van der Waals surface area contributed by atoms with E-state index in [0.717, 1.165) is 0 Å². The fourth-order valence-corrected chi connectivity index (χ4v) is 2.89. The maximum Gasteiger partial charge on any atom is 0.338 e. The minimum Gasteiger partial charge on any atom is -0.459 e. The highest BCUT2D eigenvalue weighted by Crippen LogP contribution is 2.28. The van der Waals surface area contributed by atoms with Crippen LogP contribution in [0.15, 0.2) is 65.8 Å². The van der Waals surface area contributed by atoms with Gasteiger partial charge < -0.3 is 14.2 Å². The first kappa shape index (κ1) is 19.9. The Morgan fingerprint density at radius 1 is 1.07 bits per heavy atom. The van der Waals surface area contributed by atoms with Crippen LogP contribution in [0.3, 0.4) is 0 Å². The van der Waals surface area contributed by atoms with Crippen molar-refractivity contribution in [2.24, 2.45) is 5.11 Å². The third-order valence-corrected chi connectivity index (χ3v) is 4.29. The molecule has 2 aromatic rings. The lowest BCUT2D eigenvalue weighted by Crippen LogP contribution is -2.36. The number of carbonyl (C=O) groups is 2. The molecule has 3 rings (SSSR count). The SMILES string of the molecule is N#C[C@@H]1O[C@H](COC(=O)c2ccccc2)[C@H](N=[N+]=[N-])[C@H]1OC(=O)c1ccccc1. The topological polar surface area (TPSA) is 134 Å². The number of ether oxygens (including phenoxy) is 3. The molecule has 0 N–H and O–H groups in total. The van der Waals surface area contributed by atoms with E-state index in [2.05, 4.69) is 10.0 Å². The molecule has 1 heterocycles. The summed E-state index contributed by atoms with van der Waals surface area (Å²) in [5.41, 5.74) is 9.52.